The van der Waals surface area contributed by atoms with Gasteiger partial charge in [-0.25, -0.2) is 0 Å². The predicted molar refractivity (Wildman–Crippen MR) is 75.9 cm³/mol. The highest BCUT2D eigenvalue weighted by molar-refractivity contribution is 5.31. The third-order valence-corrected chi connectivity index (χ3v) is 3.61. The van der Waals surface area contributed by atoms with Crippen LogP contribution in [0, 0.1) is 0 Å². The summed E-state index contributed by atoms with van der Waals surface area (Å²) < 4.78 is 11.5. The van der Waals surface area contributed by atoms with Crippen molar-refractivity contribution in [1.29, 1.82) is 0 Å². The molecule has 19 heavy (non-hydrogen) atoms. The fraction of sp³-hybridized carbons (Fsp3) is 0.600. The summed E-state index contributed by atoms with van der Waals surface area (Å²) in [4.78, 5) is 0. The van der Waals surface area contributed by atoms with Gasteiger partial charge in [-0.05, 0) is 51.3 Å². The maximum absolute atomic E-state index is 5.87. The molecule has 0 bridgehead atoms. The molecule has 0 radical (unpaired) electrons. The van der Waals surface area contributed by atoms with Gasteiger partial charge in [0.1, 0.15) is 5.75 Å². The number of hydrogen-bond donors (Lipinski definition) is 2. The Kier molecular flexibility index (Phi) is 4.45. The van der Waals surface area contributed by atoms with Gasteiger partial charge in [0.05, 0.1) is 17.7 Å². The summed E-state index contributed by atoms with van der Waals surface area (Å²) in [7, 11) is 0. The number of hydrazine groups is 1. The van der Waals surface area contributed by atoms with Crippen LogP contribution in [0.5, 0.6) is 5.75 Å². The summed E-state index contributed by atoms with van der Waals surface area (Å²) in [5.41, 5.74) is 3.80. The molecule has 4 heteroatoms. The summed E-state index contributed by atoms with van der Waals surface area (Å²) in [5, 5.41) is 0. The van der Waals surface area contributed by atoms with E-state index in [1.807, 2.05) is 26.0 Å². The SMILES string of the molecule is CC(C)Oc1ccc(C(NN)C2(C)CCCO2)cc1. The Morgan fingerprint density at radius 2 is 2.00 bits per heavy atom. The van der Waals surface area contributed by atoms with Crippen LogP contribution in [-0.4, -0.2) is 18.3 Å². The van der Waals surface area contributed by atoms with Crippen LogP contribution in [0.4, 0.5) is 0 Å². The van der Waals surface area contributed by atoms with Gasteiger partial charge < -0.3 is 9.47 Å². The van der Waals surface area contributed by atoms with E-state index in [2.05, 4.69) is 24.5 Å². The minimum Gasteiger partial charge on any atom is -0.491 e. The van der Waals surface area contributed by atoms with E-state index in [1.54, 1.807) is 0 Å². The summed E-state index contributed by atoms with van der Waals surface area (Å²) >= 11 is 0. The van der Waals surface area contributed by atoms with Crippen molar-refractivity contribution < 1.29 is 9.47 Å². The maximum atomic E-state index is 5.87. The molecule has 4 nitrogen and oxygen atoms in total. The molecule has 1 aromatic carbocycles. The van der Waals surface area contributed by atoms with E-state index < -0.39 is 0 Å². The normalized spacial score (nSPS) is 24.7. The molecular weight excluding hydrogens is 240 g/mol. The predicted octanol–water partition coefficient (Wildman–Crippen LogP) is 2.55. The summed E-state index contributed by atoms with van der Waals surface area (Å²) in [6.45, 7) is 6.96. The lowest BCUT2D eigenvalue weighted by molar-refractivity contribution is -0.0125. The average molecular weight is 264 g/mol. The molecule has 2 unspecified atom stereocenters. The van der Waals surface area contributed by atoms with Gasteiger partial charge in [-0.3, -0.25) is 11.3 Å². The highest BCUT2D eigenvalue weighted by Crippen LogP contribution is 2.37. The number of ether oxygens (including phenoxy) is 2. The third-order valence-electron chi connectivity index (χ3n) is 3.61. The van der Waals surface area contributed by atoms with E-state index in [-0.39, 0.29) is 17.7 Å². The quantitative estimate of drug-likeness (QED) is 0.634. The molecule has 0 aliphatic carbocycles. The van der Waals surface area contributed by atoms with Crippen molar-refractivity contribution in [1.82, 2.24) is 5.43 Å². The number of nitrogens with one attached hydrogen (secondary N) is 1. The zero-order valence-corrected chi connectivity index (χ0v) is 12.0. The van der Waals surface area contributed by atoms with E-state index in [1.165, 1.54) is 0 Å². The zero-order valence-electron chi connectivity index (χ0n) is 12.0. The molecule has 2 atom stereocenters. The van der Waals surface area contributed by atoms with E-state index in [0.717, 1.165) is 30.8 Å². The first kappa shape index (κ1) is 14.3. The molecule has 1 heterocycles. The first-order valence-corrected chi connectivity index (χ1v) is 6.92. The molecule has 0 spiro atoms. The first-order chi connectivity index (χ1) is 9.05. The second-order valence-corrected chi connectivity index (χ2v) is 5.60. The standard InChI is InChI=1S/C15H24N2O2/c1-11(2)19-13-7-5-12(6-8-13)14(17-16)15(3)9-4-10-18-15/h5-8,11,14,17H,4,9-10,16H2,1-3H3. The topological polar surface area (TPSA) is 56.5 Å². The molecule has 3 N–H and O–H groups in total. The molecule has 1 saturated heterocycles. The van der Waals surface area contributed by atoms with Gasteiger partial charge in [0.2, 0.25) is 0 Å². The van der Waals surface area contributed by atoms with Gasteiger partial charge in [0, 0.05) is 6.61 Å². The Labute approximate surface area is 115 Å². The average Bonchev–Trinajstić information content (AvgIpc) is 2.79. The smallest absolute Gasteiger partial charge is 0.119 e. The Morgan fingerprint density at radius 3 is 2.47 bits per heavy atom. The zero-order chi connectivity index (χ0) is 13.9. The molecule has 1 aliphatic rings. The maximum Gasteiger partial charge on any atom is 0.119 e. The lowest BCUT2D eigenvalue weighted by Crippen LogP contribution is -2.44. The fourth-order valence-electron chi connectivity index (χ4n) is 2.66. The van der Waals surface area contributed by atoms with Gasteiger partial charge in [-0.15, -0.1) is 0 Å². The summed E-state index contributed by atoms with van der Waals surface area (Å²) in [6, 6.07) is 8.07. The van der Waals surface area contributed by atoms with Gasteiger partial charge >= 0.3 is 0 Å². The van der Waals surface area contributed by atoms with Gasteiger partial charge in [0.25, 0.3) is 0 Å². The summed E-state index contributed by atoms with van der Waals surface area (Å²) in [6.07, 6.45) is 2.29. The molecule has 2 rings (SSSR count). The molecule has 0 amide bonds. The third kappa shape index (κ3) is 3.26. The highest BCUT2D eigenvalue weighted by atomic mass is 16.5. The van der Waals surface area contributed by atoms with Gasteiger partial charge in [0.15, 0.2) is 0 Å². The van der Waals surface area contributed by atoms with E-state index >= 15 is 0 Å². The van der Waals surface area contributed by atoms with Gasteiger partial charge in [-0.1, -0.05) is 12.1 Å². The van der Waals surface area contributed by atoms with Crippen LogP contribution in [0.3, 0.4) is 0 Å². The number of nitrogens with two attached hydrogens (primary N) is 1. The van der Waals surface area contributed by atoms with Crippen LogP contribution in [0.15, 0.2) is 24.3 Å². The van der Waals surface area contributed by atoms with Crippen LogP contribution < -0.4 is 16.0 Å². The molecule has 1 fully saturated rings. The second kappa shape index (κ2) is 5.90. The Balaban J connectivity index is 2.15. The van der Waals surface area contributed by atoms with Crippen LogP contribution >= 0.6 is 0 Å². The molecule has 1 aromatic rings. The Bertz CT molecular complexity index is 397. The molecule has 1 aliphatic heterocycles. The first-order valence-electron chi connectivity index (χ1n) is 6.92. The number of benzene rings is 1. The van der Waals surface area contributed by atoms with Crippen molar-refractivity contribution in [2.45, 2.75) is 51.4 Å². The number of rotatable bonds is 5. The lowest BCUT2D eigenvalue weighted by Gasteiger charge is -2.33. The fourth-order valence-corrected chi connectivity index (χ4v) is 2.66. The van der Waals surface area contributed by atoms with Crippen LogP contribution in [0.1, 0.15) is 45.2 Å². The number of hydrogen-bond acceptors (Lipinski definition) is 4. The molecule has 0 aromatic heterocycles. The minimum atomic E-state index is -0.227. The van der Waals surface area contributed by atoms with Crippen LogP contribution in [0.2, 0.25) is 0 Å². The van der Waals surface area contributed by atoms with Crippen molar-refractivity contribution in [3.05, 3.63) is 29.8 Å². The Morgan fingerprint density at radius 1 is 1.32 bits per heavy atom. The van der Waals surface area contributed by atoms with Crippen LogP contribution in [0.25, 0.3) is 0 Å². The van der Waals surface area contributed by atoms with Crippen LogP contribution in [-0.2, 0) is 4.74 Å². The van der Waals surface area contributed by atoms with Crippen molar-refractivity contribution in [2.75, 3.05) is 6.61 Å². The largest absolute Gasteiger partial charge is 0.491 e. The van der Waals surface area contributed by atoms with Crippen molar-refractivity contribution >= 4 is 0 Å². The molecule has 0 saturated carbocycles. The van der Waals surface area contributed by atoms with Crippen molar-refractivity contribution in [2.24, 2.45) is 5.84 Å². The lowest BCUT2D eigenvalue weighted by atomic mass is 9.88. The molecular formula is C15H24N2O2. The van der Waals surface area contributed by atoms with E-state index in [9.17, 15) is 0 Å². The van der Waals surface area contributed by atoms with Crippen molar-refractivity contribution in [3.8, 4) is 5.75 Å². The highest BCUT2D eigenvalue weighted by Gasteiger charge is 2.38. The summed E-state index contributed by atoms with van der Waals surface area (Å²) in [5.74, 6) is 6.61. The Hall–Kier alpha value is -1.10. The van der Waals surface area contributed by atoms with Crippen molar-refractivity contribution in [3.63, 3.8) is 0 Å². The second-order valence-electron chi connectivity index (χ2n) is 5.60. The van der Waals surface area contributed by atoms with E-state index in [4.69, 9.17) is 15.3 Å². The molecule has 106 valence electrons. The van der Waals surface area contributed by atoms with Gasteiger partial charge in [-0.2, -0.15) is 0 Å². The van der Waals surface area contributed by atoms with E-state index in [0.29, 0.717) is 0 Å². The monoisotopic (exact) mass is 264 g/mol. The minimum absolute atomic E-state index is 0.00287.